The predicted octanol–water partition coefficient (Wildman–Crippen LogP) is 2.70. The van der Waals surface area contributed by atoms with E-state index in [2.05, 4.69) is 10.6 Å². The average Bonchev–Trinajstić information content (AvgIpc) is 3.02. The van der Waals surface area contributed by atoms with Crippen molar-refractivity contribution in [3.05, 3.63) is 51.4 Å². The maximum atomic E-state index is 12.3. The van der Waals surface area contributed by atoms with E-state index in [0.29, 0.717) is 11.1 Å². The van der Waals surface area contributed by atoms with Crippen LogP contribution in [-0.4, -0.2) is 44.0 Å². The summed E-state index contributed by atoms with van der Waals surface area (Å²) in [7, 11) is 1.47. The van der Waals surface area contributed by atoms with Crippen molar-refractivity contribution in [1.82, 2.24) is 5.32 Å². The Balaban J connectivity index is 2.13. The predicted molar refractivity (Wildman–Crippen MR) is 108 cm³/mol. The minimum atomic E-state index is -0.650. The first-order chi connectivity index (χ1) is 13.8. The van der Waals surface area contributed by atoms with E-state index in [4.69, 9.17) is 9.47 Å². The van der Waals surface area contributed by atoms with Crippen molar-refractivity contribution in [2.24, 2.45) is 0 Å². The second-order valence-electron chi connectivity index (χ2n) is 6.05. The highest BCUT2D eigenvalue weighted by molar-refractivity contribution is 7.18. The first kappa shape index (κ1) is 22.1. The molecule has 2 N–H and O–H groups in total. The molecule has 29 heavy (non-hydrogen) atoms. The molecule has 8 nitrogen and oxygen atoms in total. The van der Waals surface area contributed by atoms with E-state index in [-0.39, 0.29) is 28.0 Å². The van der Waals surface area contributed by atoms with Crippen LogP contribution in [0.15, 0.2) is 24.3 Å². The summed E-state index contributed by atoms with van der Waals surface area (Å²) in [5.74, 6) is -2.31. The number of ether oxygens (including phenoxy) is 2. The number of carbonyl (C=O) groups is 4. The fourth-order valence-corrected chi connectivity index (χ4v) is 3.60. The van der Waals surface area contributed by atoms with Gasteiger partial charge in [-0.2, -0.15) is 0 Å². The zero-order valence-electron chi connectivity index (χ0n) is 16.6. The van der Waals surface area contributed by atoms with E-state index < -0.39 is 24.5 Å². The summed E-state index contributed by atoms with van der Waals surface area (Å²) in [6.45, 7) is 4.74. The number of carbonyl (C=O) groups excluding carboxylic acids is 4. The van der Waals surface area contributed by atoms with Crippen LogP contribution in [-0.2, 0) is 14.3 Å². The van der Waals surface area contributed by atoms with Gasteiger partial charge in [-0.3, -0.25) is 9.59 Å². The van der Waals surface area contributed by atoms with Crippen molar-refractivity contribution in [3.63, 3.8) is 0 Å². The number of thiophene rings is 1. The lowest BCUT2D eigenvalue weighted by molar-refractivity contribution is -0.119. The van der Waals surface area contributed by atoms with Crippen LogP contribution in [0.1, 0.15) is 48.4 Å². The lowest BCUT2D eigenvalue weighted by atomic mass is 10.1. The van der Waals surface area contributed by atoms with Crippen LogP contribution >= 0.6 is 11.3 Å². The number of hydrogen-bond donors (Lipinski definition) is 2. The molecule has 9 heteroatoms. The Hall–Kier alpha value is -3.20. The fraction of sp³-hybridized carbons (Fsp3) is 0.300. The zero-order valence-corrected chi connectivity index (χ0v) is 17.4. The van der Waals surface area contributed by atoms with Crippen molar-refractivity contribution in [2.75, 3.05) is 25.6 Å². The number of aryl methyl sites for hydroxylation is 1. The first-order valence-electron chi connectivity index (χ1n) is 8.84. The Labute approximate surface area is 172 Å². The second-order valence-corrected chi connectivity index (χ2v) is 7.07. The highest BCUT2D eigenvalue weighted by Gasteiger charge is 2.26. The number of nitrogens with one attached hydrogen (secondary N) is 2. The molecule has 0 bridgehead atoms. The van der Waals surface area contributed by atoms with Gasteiger partial charge >= 0.3 is 11.9 Å². The maximum Gasteiger partial charge on any atom is 0.341 e. The molecule has 1 heterocycles. The van der Waals surface area contributed by atoms with Crippen LogP contribution in [0.2, 0.25) is 0 Å². The SMILES string of the molecule is CCOC(=O)c1c(NC(=O)COC(=O)c2ccc(C)cc2)sc(C(=O)NC)c1C. The van der Waals surface area contributed by atoms with Gasteiger partial charge in [-0.15, -0.1) is 11.3 Å². The summed E-state index contributed by atoms with van der Waals surface area (Å²) < 4.78 is 10.0. The quantitative estimate of drug-likeness (QED) is 0.669. The van der Waals surface area contributed by atoms with Gasteiger partial charge in [0.1, 0.15) is 5.00 Å². The summed E-state index contributed by atoms with van der Waals surface area (Å²) in [6.07, 6.45) is 0. The van der Waals surface area contributed by atoms with Crippen molar-refractivity contribution < 1.29 is 28.7 Å². The van der Waals surface area contributed by atoms with Crippen LogP contribution in [0.25, 0.3) is 0 Å². The molecule has 0 aliphatic carbocycles. The third-order valence-electron chi connectivity index (χ3n) is 3.93. The number of rotatable bonds is 7. The van der Waals surface area contributed by atoms with Gasteiger partial charge in [0.2, 0.25) is 0 Å². The largest absolute Gasteiger partial charge is 0.462 e. The number of benzene rings is 1. The van der Waals surface area contributed by atoms with Gasteiger partial charge in [0.25, 0.3) is 11.8 Å². The Bertz CT molecular complexity index is 933. The molecule has 0 aliphatic rings. The summed E-state index contributed by atoms with van der Waals surface area (Å²) >= 11 is 0.948. The molecule has 0 atom stereocenters. The van der Waals surface area contributed by atoms with Crippen LogP contribution in [0.5, 0.6) is 0 Å². The standard InChI is InChI=1S/C20H22N2O6S/c1-5-27-20(26)15-12(3)16(17(24)21-4)29-18(15)22-14(23)10-28-19(25)13-8-6-11(2)7-9-13/h6-9H,5,10H2,1-4H3,(H,21,24)(H,22,23). The third kappa shape index (κ3) is 5.41. The molecule has 1 aromatic heterocycles. The number of amides is 2. The lowest BCUT2D eigenvalue weighted by Gasteiger charge is -2.08. The summed E-state index contributed by atoms with van der Waals surface area (Å²) in [6, 6.07) is 6.73. The van der Waals surface area contributed by atoms with Gasteiger partial charge in [0.15, 0.2) is 6.61 Å². The van der Waals surface area contributed by atoms with E-state index in [1.807, 2.05) is 6.92 Å². The number of esters is 2. The van der Waals surface area contributed by atoms with Gasteiger partial charge in [0, 0.05) is 7.05 Å². The smallest absolute Gasteiger partial charge is 0.341 e. The van der Waals surface area contributed by atoms with Gasteiger partial charge in [-0.1, -0.05) is 17.7 Å². The van der Waals surface area contributed by atoms with Crippen LogP contribution in [0.3, 0.4) is 0 Å². The van der Waals surface area contributed by atoms with Crippen LogP contribution in [0.4, 0.5) is 5.00 Å². The summed E-state index contributed by atoms with van der Waals surface area (Å²) in [4.78, 5) is 48.9. The molecule has 0 spiro atoms. The molecular formula is C20H22N2O6S. The normalized spacial score (nSPS) is 10.2. The van der Waals surface area contributed by atoms with E-state index in [9.17, 15) is 19.2 Å². The minimum absolute atomic E-state index is 0.105. The van der Waals surface area contributed by atoms with Gasteiger partial charge in [-0.05, 0) is 38.5 Å². The van der Waals surface area contributed by atoms with Crippen molar-refractivity contribution in [3.8, 4) is 0 Å². The van der Waals surface area contributed by atoms with Gasteiger partial charge in [-0.25, -0.2) is 9.59 Å². The van der Waals surface area contributed by atoms with E-state index in [0.717, 1.165) is 16.9 Å². The Kier molecular flexibility index (Phi) is 7.49. The Morgan fingerprint density at radius 1 is 1.00 bits per heavy atom. The molecule has 154 valence electrons. The average molecular weight is 418 g/mol. The first-order valence-corrected chi connectivity index (χ1v) is 9.66. The monoisotopic (exact) mass is 418 g/mol. The van der Waals surface area contributed by atoms with Crippen LogP contribution in [0, 0.1) is 13.8 Å². The Morgan fingerprint density at radius 3 is 2.24 bits per heavy atom. The van der Waals surface area contributed by atoms with Crippen LogP contribution < -0.4 is 10.6 Å². The molecule has 2 amide bonds. The molecule has 0 radical (unpaired) electrons. The number of anilines is 1. The molecule has 0 aliphatic heterocycles. The molecule has 0 fully saturated rings. The Morgan fingerprint density at radius 2 is 1.66 bits per heavy atom. The molecule has 0 saturated carbocycles. The van der Waals surface area contributed by atoms with E-state index >= 15 is 0 Å². The highest BCUT2D eigenvalue weighted by atomic mass is 32.1. The van der Waals surface area contributed by atoms with Crippen molar-refractivity contribution >= 4 is 40.1 Å². The van der Waals surface area contributed by atoms with E-state index in [1.54, 1.807) is 38.1 Å². The summed E-state index contributed by atoms with van der Waals surface area (Å²) in [5, 5.41) is 5.18. The fourth-order valence-electron chi connectivity index (χ4n) is 2.45. The van der Waals surface area contributed by atoms with Crippen molar-refractivity contribution in [1.29, 1.82) is 0 Å². The highest BCUT2D eigenvalue weighted by Crippen LogP contribution is 2.33. The van der Waals surface area contributed by atoms with Gasteiger partial charge < -0.3 is 20.1 Å². The molecule has 2 aromatic rings. The molecular weight excluding hydrogens is 396 g/mol. The zero-order chi connectivity index (χ0) is 21.6. The second kappa shape index (κ2) is 9.83. The molecule has 0 unspecified atom stereocenters. The lowest BCUT2D eigenvalue weighted by Crippen LogP contribution is -2.21. The molecule has 2 rings (SSSR count). The maximum absolute atomic E-state index is 12.3. The minimum Gasteiger partial charge on any atom is -0.462 e. The third-order valence-corrected chi connectivity index (χ3v) is 5.14. The van der Waals surface area contributed by atoms with E-state index in [1.165, 1.54) is 7.05 Å². The summed E-state index contributed by atoms with van der Waals surface area (Å²) in [5.41, 5.74) is 1.82. The topological polar surface area (TPSA) is 111 Å². The molecule has 0 saturated heterocycles. The van der Waals surface area contributed by atoms with Gasteiger partial charge in [0.05, 0.1) is 22.6 Å². The van der Waals surface area contributed by atoms with Crippen molar-refractivity contribution in [2.45, 2.75) is 20.8 Å². The molecule has 1 aromatic carbocycles. The number of hydrogen-bond acceptors (Lipinski definition) is 7.